The lowest BCUT2D eigenvalue weighted by atomic mass is 10.1. The summed E-state index contributed by atoms with van der Waals surface area (Å²) in [6.45, 7) is 3.98. The van der Waals surface area contributed by atoms with E-state index in [0.717, 1.165) is 13.0 Å². The molecule has 0 saturated carbocycles. The molecule has 0 bridgehead atoms. The summed E-state index contributed by atoms with van der Waals surface area (Å²) in [5.74, 6) is 2.49. The van der Waals surface area contributed by atoms with Gasteiger partial charge < -0.3 is 15.4 Å². The zero-order valence-corrected chi connectivity index (χ0v) is 9.08. The largest absolute Gasteiger partial charge is 0.366 e. The number of hydrogen-bond acceptors (Lipinski definition) is 3. The molecule has 0 aromatic heterocycles. The van der Waals surface area contributed by atoms with Crippen LogP contribution in [0.1, 0.15) is 19.8 Å². The Morgan fingerprint density at radius 1 is 1.80 bits per heavy atom. The van der Waals surface area contributed by atoms with Crippen LogP contribution in [0.25, 0.3) is 0 Å². The van der Waals surface area contributed by atoms with Crippen molar-refractivity contribution < 1.29 is 9.53 Å². The van der Waals surface area contributed by atoms with Crippen molar-refractivity contribution in [1.82, 2.24) is 10.6 Å². The molecule has 1 heterocycles. The third-order valence-electron chi connectivity index (χ3n) is 2.42. The van der Waals surface area contributed by atoms with E-state index in [1.165, 1.54) is 0 Å². The number of rotatable bonds is 4. The predicted molar refractivity (Wildman–Crippen MR) is 58.3 cm³/mol. The Bertz CT molecular complexity index is 241. The third kappa shape index (κ3) is 3.90. The monoisotopic (exact) mass is 210 g/mol. The van der Waals surface area contributed by atoms with Crippen molar-refractivity contribution in [3.05, 3.63) is 0 Å². The highest BCUT2D eigenvalue weighted by Gasteiger charge is 2.23. The summed E-state index contributed by atoms with van der Waals surface area (Å²) >= 11 is 0. The lowest BCUT2D eigenvalue weighted by Crippen LogP contribution is -2.50. The molecular formula is C11H18N2O2. The van der Waals surface area contributed by atoms with Gasteiger partial charge in [-0.25, -0.2) is 0 Å². The summed E-state index contributed by atoms with van der Waals surface area (Å²) in [6.07, 6.45) is 6.26. The average Bonchev–Trinajstić information content (AvgIpc) is 2.29. The zero-order chi connectivity index (χ0) is 11.1. The van der Waals surface area contributed by atoms with Crippen LogP contribution in [-0.4, -0.2) is 37.7 Å². The first kappa shape index (κ1) is 12.0. The van der Waals surface area contributed by atoms with E-state index in [1.54, 1.807) is 0 Å². The van der Waals surface area contributed by atoms with Crippen molar-refractivity contribution in [1.29, 1.82) is 0 Å². The van der Waals surface area contributed by atoms with E-state index in [4.69, 9.17) is 11.2 Å². The van der Waals surface area contributed by atoms with E-state index in [0.29, 0.717) is 19.6 Å². The van der Waals surface area contributed by atoms with E-state index in [1.807, 2.05) is 6.92 Å². The standard InChI is InChI=1S/C11H18N2O2/c1-3-5-9(4-2)13-11(14)10-8-12-6-7-15-10/h1,9-10,12H,4-8H2,2H3,(H,13,14). The van der Waals surface area contributed by atoms with Crippen LogP contribution >= 0.6 is 0 Å². The molecule has 2 atom stereocenters. The fourth-order valence-corrected chi connectivity index (χ4v) is 1.47. The van der Waals surface area contributed by atoms with Gasteiger partial charge in [0.2, 0.25) is 0 Å². The second-order valence-electron chi connectivity index (χ2n) is 3.59. The van der Waals surface area contributed by atoms with Gasteiger partial charge in [-0.2, -0.15) is 0 Å². The molecule has 1 amide bonds. The quantitative estimate of drug-likeness (QED) is 0.637. The molecule has 1 aliphatic heterocycles. The van der Waals surface area contributed by atoms with E-state index in [2.05, 4.69) is 16.6 Å². The molecule has 2 unspecified atom stereocenters. The van der Waals surface area contributed by atoms with Crippen molar-refractivity contribution >= 4 is 5.91 Å². The SMILES string of the molecule is C#CCC(CC)NC(=O)C1CNCCO1. The van der Waals surface area contributed by atoms with Gasteiger partial charge in [-0.05, 0) is 6.42 Å². The van der Waals surface area contributed by atoms with Gasteiger partial charge in [0.1, 0.15) is 6.10 Å². The summed E-state index contributed by atoms with van der Waals surface area (Å²) in [4.78, 5) is 11.7. The first-order valence-corrected chi connectivity index (χ1v) is 5.34. The third-order valence-corrected chi connectivity index (χ3v) is 2.42. The Hall–Kier alpha value is -1.05. The van der Waals surface area contributed by atoms with Gasteiger partial charge in [0, 0.05) is 25.6 Å². The van der Waals surface area contributed by atoms with Crippen LogP contribution in [0.2, 0.25) is 0 Å². The van der Waals surface area contributed by atoms with Crippen LogP contribution in [0.15, 0.2) is 0 Å². The molecule has 2 N–H and O–H groups in total. The molecule has 1 aliphatic rings. The van der Waals surface area contributed by atoms with Gasteiger partial charge in [-0.3, -0.25) is 4.79 Å². The van der Waals surface area contributed by atoms with E-state index < -0.39 is 0 Å². The number of ether oxygens (including phenoxy) is 1. The van der Waals surface area contributed by atoms with Crippen LogP contribution in [0.4, 0.5) is 0 Å². The van der Waals surface area contributed by atoms with Crippen LogP contribution in [0.5, 0.6) is 0 Å². The molecule has 4 nitrogen and oxygen atoms in total. The molecule has 84 valence electrons. The maximum atomic E-state index is 11.7. The number of amides is 1. The summed E-state index contributed by atoms with van der Waals surface area (Å²) in [5.41, 5.74) is 0. The highest BCUT2D eigenvalue weighted by molar-refractivity contribution is 5.81. The van der Waals surface area contributed by atoms with Gasteiger partial charge in [0.05, 0.1) is 6.61 Å². The number of morpholine rings is 1. The predicted octanol–water partition coefficient (Wildman–Crippen LogP) is -0.107. The summed E-state index contributed by atoms with van der Waals surface area (Å²) in [5, 5.41) is 6.00. The molecular weight excluding hydrogens is 192 g/mol. The zero-order valence-electron chi connectivity index (χ0n) is 9.08. The number of carbonyl (C=O) groups is 1. The summed E-state index contributed by atoms with van der Waals surface area (Å²) < 4.78 is 5.34. The van der Waals surface area contributed by atoms with E-state index >= 15 is 0 Å². The van der Waals surface area contributed by atoms with Crippen LogP contribution in [0.3, 0.4) is 0 Å². The summed E-state index contributed by atoms with van der Waals surface area (Å²) in [6, 6.07) is 0.0630. The van der Waals surface area contributed by atoms with Crippen molar-refractivity contribution in [2.45, 2.75) is 31.9 Å². The fraction of sp³-hybridized carbons (Fsp3) is 0.727. The minimum absolute atomic E-state index is 0.0630. The highest BCUT2D eigenvalue weighted by Crippen LogP contribution is 2.00. The van der Waals surface area contributed by atoms with Crippen molar-refractivity contribution in [2.24, 2.45) is 0 Å². The molecule has 1 fully saturated rings. The Labute approximate surface area is 90.8 Å². The summed E-state index contributed by atoms with van der Waals surface area (Å²) in [7, 11) is 0. The Morgan fingerprint density at radius 3 is 3.13 bits per heavy atom. The van der Waals surface area contributed by atoms with Gasteiger partial charge in [0.15, 0.2) is 0 Å². The second kappa shape index (κ2) is 6.44. The lowest BCUT2D eigenvalue weighted by molar-refractivity contribution is -0.134. The minimum Gasteiger partial charge on any atom is -0.366 e. The molecule has 1 rings (SSSR count). The van der Waals surface area contributed by atoms with Gasteiger partial charge in [-0.15, -0.1) is 12.3 Å². The fourth-order valence-electron chi connectivity index (χ4n) is 1.47. The Morgan fingerprint density at radius 2 is 2.60 bits per heavy atom. The Kier molecular flexibility index (Phi) is 5.16. The Balaban J connectivity index is 2.35. The van der Waals surface area contributed by atoms with Crippen molar-refractivity contribution in [3.63, 3.8) is 0 Å². The lowest BCUT2D eigenvalue weighted by Gasteiger charge is -2.24. The molecule has 0 aromatic carbocycles. The molecule has 0 aliphatic carbocycles. The highest BCUT2D eigenvalue weighted by atomic mass is 16.5. The molecule has 0 spiro atoms. The van der Waals surface area contributed by atoms with Gasteiger partial charge >= 0.3 is 0 Å². The topological polar surface area (TPSA) is 50.4 Å². The first-order chi connectivity index (χ1) is 7.27. The van der Waals surface area contributed by atoms with Gasteiger partial charge in [0.25, 0.3) is 5.91 Å². The number of nitrogens with one attached hydrogen (secondary N) is 2. The number of hydrogen-bond donors (Lipinski definition) is 2. The van der Waals surface area contributed by atoms with E-state index in [-0.39, 0.29) is 18.1 Å². The van der Waals surface area contributed by atoms with Crippen molar-refractivity contribution in [3.8, 4) is 12.3 Å². The van der Waals surface area contributed by atoms with Crippen LogP contribution < -0.4 is 10.6 Å². The maximum Gasteiger partial charge on any atom is 0.250 e. The molecule has 0 radical (unpaired) electrons. The average molecular weight is 210 g/mol. The van der Waals surface area contributed by atoms with E-state index in [9.17, 15) is 4.79 Å². The smallest absolute Gasteiger partial charge is 0.250 e. The molecule has 1 saturated heterocycles. The number of terminal acetylenes is 1. The normalized spacial score (nSPS) is 22.8. The molecule has 15 heavy (non-hydrogen) atoms. The van der Waals surface area contributed by atoms with Crippen molar-refractivity contribution in [2.75, 3.05) is 19.7 Å². The molecule has 4 heteroatoms. The first-order valence-electron chi connectivity index (χ1n) is 5.34. The minimum atomic E-state index is -0.370. The van der Waals surface area contributed by atoms with Crippen LogP contribution in [-0.2, 0) is 9.53 Å². The second-order valence-corrected chi connectivity index (χ2v) is 3.59. The van der Waals surface area contributed by atoms with Crippen LogP contribution in [0, 0.1) is 12.3 Å². The number of carbonyl (C=O) groups excluding carboxylic acids is 1. The molecule has 0 aromatic rings. The van der Waals surface area contributed by atoms with Gasteiger partial charge in [-0.1, -0.05) is 6.92 Å². The maximum absolute atomic E-state index is 11.7.